The number of hydrogen-bond acceptors (Lipinski definition) is 2. The standard InChI is InChI=1S/C25H22O2/c1-18-13-15-22(16-14-18)25(27)19(2)23(20-9-5-3-6-10-20)17-24(26)21-11-7-4-8-12-21/h3-16H,17H2,1-2H3/b23-19+. The Morgan fingerprint density at radius 3 is 1.74 bits per heavy atom. The first-order chi connectivity index (χ1) is 13.1. The maximum absolute atomic E-state index is 13.0. The van der Waals surface area contributed by atoms with Gasteiger partial charge in [-0.3, -0.25) is 9.59 Å². The average Bonchev–Trinajstić information content (AvgIpc) is 2.72. The van der Waals surface area contributed by atoms with E-state index < -0.39 is 0 Å². The minimum atomic E-state index is -0.0466. The molecule has 27 heavy (non-hydrogen) atoms. The molecule has 2 heteroatoms. The molecule has 0 aliphatic rings. The molecule has 0 atom stereocenters. The van der Waals surface area contributed by atoms with Crippen LogP contribution in [0.2, 0.25) is 0 Å². The lowest BCUT2D eigenvalue weighted by Crippen LogP contribution is -2.08. The topological polar surface area (TPSA) is 34.1 Å². The van der Waals surface area contributed by atoms with Gasteiger partial charge in [-0.15, -0.1) is 0 Å². The van der Waals surface area contributed by atoms with Crippen molar-refractivity contribution in [2.24, 2.45) is 0 Å². The summed E-state index contributed by atoms with van der Waals surface area (Å²) in [6.07, 6.45) is 0.192. The largest absolute Gasteiger partial charge is 0.294 e. The van der Waals surface area contributed by atoms with E-state index in [1.54, 1.807) is 0 Å². The number of aryl methyl sites for hydroxylation is 1. The molecule has 3 aromatic carbocycles. The van der Waals surface area contributed by atoms with E-state index in [0.29, 0.717) is 16.7 Å². The third kappa shape index (κ3) is 4.48. The van der Waals surface area contributed by atoms with Gasteiger partial charge in [0, 0.05) is 23.1 Å². The average molecular weight is 354 g/mol. The summed E-state index contributed by atoms with van der Waals surface area (Å²) < 4.78 is 0. The molecular weight excluding hydrogens is 332 g/mol. The SMILES string of the molecule is C/C(C(=O)c1ccc(C)cc1)=C(/CC(=O)c1ccccc1)c1ccccc1. The van der Waals surface area contributed by atoms with E-state index in [4.69, 9.17) is 0 Å². The summed E-state index contributed by atoms with van der Waals surface area (Å²) in [5.74, 6) is -0.0415. The van der Waals surface area contributed by atoms with Gasteiger partial charge in [0.2, 0.25) is 0 Å². The molecule has 0 heterocycles. The second-order valence-corrected chi connectivity index (χ2v) is 6.63. The first-order valence-corrected chi connectivity index (χ1v) is 9.01. The molecule has 0 aliphatic heterocycles. The van der Waals surface area contributed by atoms with Gasteiger partial charge in [-0.05, 0) is 25.0 Å². The third-order valence-electron chi connectivity index (χ3n) is 4.66. The Morgan fingerprint density at radius 1 is 0.667 bits per heavy atom. The maximum Gasteiger partial charge on any atom is 0.189 e. The van der Waals surface area contributed by atoms with E-state index in [-0.39, 0.29) is 18.0 Å². The van der Waals surface area contributed by atoms with Gasteiger partial charge in [-0.2, -0.15) is 0 Å². The Labute approximate surface area is 160 Å². The zero-order valence-electron chi connectivity index (χ0n) is 15.6. The molecule has 0 unspecified atom stereocenters. The van der Waals surface area contributed by atoms with Crippen molar-refractivity contribution in [3.63, 3.8) is 0 Å². The second kappa shape index (κ2) is 8.41. The number of rotatable bonds is 6. The summed E-state index contributed by atoms with van der Waals surface area (Å²) in [5, 5.41) is 0. The van der Waals surface area contributed by atoms with Crippen molar-refractivity contribution >= 4 is 17.1 Å². The molecule has 0 bridgehead atoms. The Kier molecular flexibility index (Phi) is 5.77. The van der Waals surface area contributed by atoms with Crippen LogP contribution in [-0.4, -0.2) is 11.6 Å². The molecule has 3 aromatic rings. The highest BCUT2D eigenvalue weighted by molar-refractivity contribution is 6.15. The van der Waals surface area contributed by atoms with Crippen LogP contribution in [0.4, 0.5) is 0 Å². The van der Waals surface area contributed by atoms with E-state index in [9.17, 15) is 9.59 Å². The van der Waals surface area contributed by atoms with Gasteiger partial charge in [0.1, 0.15) is 0 Å². The normalized spacial score (nSPS) is 11.6. The van der Waals surface area contributed by atoms with Crippen LogP contribution in [0.1, 0.15) is 45.2 Å². The number of benzene rings is 3. The first kappa shape index (κ1) is 18.5. The number of hydrogen-bond donors (Lipinski definition) is 0. The fourth-order valence-corrected chi connectivity index (χ4v) is 3.04. The fraction of sp³-hybridized carbons (Fsp3) is 0.120. The smallest absolute Gasteiger partial charge is 0.189 e. The van der Waals surface area contributed by atoms with Gasteiger partial charge >= 0.3 is 0 Å². The minimum absolute atomic E-state index is 0.00510. The van der Waals surface area contributed by atoms with Crippen LogP contribution >= 0.6 is 0 Å². The predicted octanol–water partition coefficient (Wildman–Crippen LogP) is 5.92. The zero-order valence-corrected chi connectivity index (χ0v) is 15.6. The van der Waals surface area contributed by atoms with Crippen LogP contribution < -0.4 is 0 Å². The second-order valence-electron chi connectivity index (χ2n) is 6.63. The first-order valence-electron chi connectivity index (χ1n) is 9.01. The van der Waals surface area contributed by atoms with Crippen LogP contribution in [-0.2, 0) is 0 Å². The molecule has 134 valence electrons. The van der Waals surface area contributed by atoms with Gasteiger partial charge in [0.25, 0.3) is 0 Å². The summed E-state index contributed by atoms with van der Waals surface area (Å²) in [6, 6.07) is 26.4. The van der Waals surface area contributed by atoms with Crippen LogP contribution in [0, 0.1) is 6.92 Å². The molecule has 0 N–H and O–H groups in total. The van der Waals surface area contributed by atoms with E-state index in [0.717, 1.165) is 16.7 Å². The van der Waals surface area contributed by atoms with E-state index >= 15 is 0 Å². The van der Waals surface area contributed by atoms with Crippen molar-refractivity contribution in [3.8, 4) is 0 Å². The molecular formula is C25H22O2. The Hall–Kier alpha value is -3.26. The fourth-order valence-electron chi connectivity index (χ4n) is 3.04. The minimum Gasteiger partial charge on any atom is -0.294 e. The van der Waals surface area contributed by atoms with Crippen LogP contribution in [0.3, 0.4) is 0 Å². The molecule has 0 fully saturated rings. The quantitative estimate of drug-likeness (QED) is 0.406. The van der Waals surface area contributed by atoms with Crippen molar-refractivity contribution in [2.45, 2.75) is 20.3 Å². The van der Waals surface area contributed by atoms with Crippen molar-refractivity contribution < 1.29 is 9.59 Å². The lowest BCUT2D eigenvalue weighted by Gasteiger charge is -2.12. The van der Waals surface area contributed by atoms with Gasteiger partial charge in [-0.25, -0.2) is 0 Å². The van der Waals surface area contributed by atoms with Gasteiger partial charge in [0.15, 0.2) is 11.6 Å². The van der Waals surface area contributed by atoms with E-state index in [1.807, 2.05) is 98.8 Å². The highest BCUT2D eigenvalue weighted by Gasteiger charge is 2.18. The Bertz CT molecular complexity index is 966. The van der Waals surface area contributed by atoms with Crippen molar-refractivity contribution in [1.82, 2.24) is 0 Å². The van der Waals surface area contributed by atoms with Crippen molar-refractivity contribution in [3.05, 3.63) is 113 Å². The molecule has 0 aromatic heterocycles. The molecule has 0 saturated carbocycles. The Morgan fingerprint density at radius 2 is 1.19 bits per heavy atom. The van der Waals surface area contributed by atoms with Crippen molar-refractivity contribution in [1.29, 1.82) is 0 Å². The number of carbonyl (C=O) groups excluding carboxylic acids is 2. The molecule has 0 amide bonds. The van der Waals surface area contributed by atoms with Crippen molar-refractivity contribution in [2.75, 3.05) is 0 Å². The molecule has 0 radical (unpaired) electrons. The summed E-state index contributed by atoms with van der Waals surface area (Å²) in [7, 11) is 0. The number of allylic oxidation sites excluding steroid dienone is 2. The number of Topliss-reactive ketones (excluding diaryl/α,β-unsaturated/α-hetero) is 2. The van der Waals surface area contributed by atoms with Crippen LogP contribution in [0.5, 0.6) is 0 Å². The van der Waals surface area contributed by atoms with E-state index in [1.165, 1.54) is 0 Å². The summed E-state index contributed by atoms with van der Waals surface area (Å²) >= 11 is 0. The van der Waals surface area contributed by atoms with Gasteiger partial charge in [0.05, 0.1) is 0 Å². The molecule has 0 aliphatic carbocycles. The Balaban J connectivity index is 2.01. The lowest BCUT2D eigenvalue weighted by atomic mass is 9.90. The monoisotopic (exact) mass is 354 g/mol. The van der Waals surface area contributed by atoms with Crippen LogP contribution in [0.25, 0.3) is 5.57 Å². The van der Waals surface area contributed by atoms with Gasteiger partial charge < -0.3 is 0 Å². The summed E-state index contributed by atoms with van der Waals surface area (Å²) in [5.41, 5.74) is 4.68. The summed E-state index contributed by atoms with van der Waals surface area (Å²) in [6.45, 7) is 3.80. The highest BCUT2D eigenvalue weighted by atomic mass is 16.1. The highest BCUT2D eigenvalue weighted by Crippen LogP contribution is 2.26. The number of ketones is 2. The molecule has 3 rings (SSSR count). The predicted molar refractivity (Wildman–Crippen MR) is 110 cm³/mol. The molecule has 2 nitrogen and oxygen atoms in total. The van der Waals surface area contributed by atoms with Crippen LogP contribution in [0.15, 0.2) is 90.5 Å². The maximum atomic E-state index is 13.0. The molecule has 0 saturated heterocycles. The summed E-state index contributed by atoms with van der Waals surface area (Å²) in [4.78, 5) is 25.8. The third-order valence-corrected chi connectivity index (χ3v) is 4.66. The zero-order chi connectivity index (χ0) is 19.2. The van der Waals surface area contributed by atoms with E-state index in [2.05, 4.69) is 0 Å². The van der Waals surface area contributed by atoms with Gasteiger partial charge in [-0.1, -0.05) is 90.5 Å². The molecule has 0 spiro atoms. The lowest BCUT2D eigenvalue weighted by molar-refractivity contribution is 0.0998. The number of carbonyl (C=O) groups is 2.